The molecule has 0 radical (unpaired) electrons. The molecule has 9 heteroatoms. The van der Waals surface area contributed by atoms with Gasteiger partial charge in [0.05, 0.1) is 25.4 Å². The van der Waals surface area contributed by atoms with Crippen LogP contribution < -0.4 is 11.1 Å². The number of hydrogen-bond acceptors (Lipinski definition) is 6. The monoisotopic (exact) mass is 632 g/mol. The number of allylic oxidation sites excluding steroid dienone is 2. The number of amides is 1. The van der Waals surface area contributed by atoms with Crippen molar-refractivity contribution in [3.05, 3.63) is 12.2 Å². The number of carbonyl (C=O) groups excluding carboxylic acids is 1. The summed E-state index contributed by atoms with van der Waals surface area (Å²) in [7, 11) is -4.30. The van der Waals surface area contributed by atoms with Gasteiger partial charge >= 0.3 is 7.82 Å². The molecular weight excluding hydrogens is 563 g/mol. The van der Waals surface area contributed by atoms with Gasteiger partial charge in [-0.1, -0.05) is 135 Å². The van der Waals surface area contributed by atoms with E-state index in [9.17, 15) is 19.4 Å². The number of nitrogens with one attached hydrogen (secondary N) is 1. The summed E-state index contributed by atoms with van der Waals surface area (Å²) in [4.78, 5) is 22.5. The van der Waals surface area contributed by atoms with E-state index in [1.807, 2.05) is 0 Å². The molecule has 8 nitrogen and oxygen atoms in total. The molecule has 0 fully saturated rings. The second-order valence-electron chi connectivity index (χ2n) is 12.1. The van der Waals surface area contributed by atoms with Crippen molar-refractivity contribution in [2.75, 3.05) is 19.8 Å². The molecule has 0 bridgehead atoms. The third-order valence-corrected chi connectivity index (χ3v) is 8.85. The first kappa shape index (κ1) is 42.2. The first-order chi connectivity index (χ1) is 20.9. The quantitative estimate of drug-likeness (QED) is 0.0323. The van der Waals surface area contributed by atoms with Crippen LogP contribution >= 0.6 is 7.82 Å². The number of unbranched alkanes of at least 4 members (excludes halogenated alkanes) is 19. The van der Waals surface area contributed by atoms with Crippen molar-refractivity contribution in [2.24, 2.45) is 5.73 Å². The lowest BCUT2D eigenvalue weighted by atomic mass is 10.0. The van der Waals surface area contributed by atoms with Crippen molar-refractivity contribution in [1.82, 2.24) is 5.32 Å². The van der Waals surface area contributed by atoms with Crippen LogP contribution in [-0.4, -0.2) is 47.8 Å². The van der Waals surface area contributed by atoms with E-state index < -0.39 is 20.0 Å². The number of rotatable bonds is 33. The molecule has 0 aromatic heterocycles. The lowest BCUT2D eigenvalue weighted by molar-refractivity contribution is -0.123. The maximum atomic E-state index is 12.6. The number of carbonyl (C=O) groups is 1. The molecule has 0 aromatic carbocycles. The van der Waals surface area contributed by atoms with Crippen molar-refractivity contribution in [2.45, 2.75) is 180 Å². The first-order valence-electron chi connectivity index (χ1n) is 17.8. The van der Waals surface area contributed by atoms with Crippen molar-refractivity contribution in [3.63, 3.8) is 0 Å². The molecule has 0 spiro atoms. The normalized spacial score (nSPS) is 14.6. The first-order valence-corrected chi connectivity index (χ1v) is 19.3. The zero-order valence-electron chi connectivity index (χ0n) is 28.0. The van der Waals surface area contributed by atoms with E-state index >= 15 is 0 Å². The highest BCUT2D eigenvalue weighted by Crippen LogP contribution is 2.43. The summed E-state index contributed by atoms with van der Waals surface area (Å²) >= 11 is 0. The van der Waals surface area contributed by atoms with Gasteiger partial charge in [-0.3, -0.25) is 13.8 Å². The van der Waals surface area contributed by atoms with Gasteiger partial charge in [-0.05, 0) is 38.5 Å². The van der Waals surface area contributed by atoms with Crippen LogP contribution in [0.25, 0.3) is 0 Å². The second kappa shape index (κ2) is 31.2. The molecule has 0 saturated carbocycles. The van der Waals surface area contributed by atoms with Crippen molar-refractivity contribution in [3.8, 4) is 0 Å². The number of hydrogen-bond donors (Lipinski definition) is 4. The van der Waals surface area contributed by atoms with Gasteiger partial charge in [0.25, 0.3) is 0 Å². The Bertz CT molecular complexity index is 694. The third-order valence-electron chi connectivity index (χ3n) is 7.87. The lowest BCUT2D eigenvalue weighted by Gasteiger charge is -2.25. The predicted octanol–water partition coefficient (Wildman–Crippen LogP) is 8.88. The molecule has 0 heterocycles. The predicted molar refractivity (Wildman–Crippen MR) is 180 cm³/mol. The third kappa shape index (κ3) is 29.7. The summed E-state index contributed by atoms with van der Waals surface area (Å²) in [6.07, 6.45) is 30.7. The minimum absolute atomic E-state index is 0.0887. The molecule has 256 valence electrons. The molecule has 3 unspecified atom stereocenters. The highest BCUT2D eigenvalue weighted by Gasteiger charge is 2.27. The Labute approximate surface area is 265 Å². The molecule has 3 atom stereocenters. The minimum Gasteiger partial charge on any atom is -0.391 e. The number of phosphoric acid groups is 1. The van der Waals surface area contributed by atoms with Crippen molar-refractivity contribution in [1.29, 1.82) is 0 Å². The van der Waals surface area contributed by atoms with Crippen LogP contribution in [0.15, 0.2) is 12.2 Å². The van der Waals surface area contributed by atoms with Gasteiger partial charge in [-0.15, -0.1) is 0 Å². The van der Waals surface area contributed by atoms with Crippen molar-refractivity contribution < 1.29 is 28.4 Å². The Morgan fingerprint density at radius 1 is 0.744 bits per heavy atom. The van der Waals surface area contributed by atoms with Crippen LogP contribution in [0.1, 0.15) is 168 Å². The maximum Gasteiger partial charge on any atom is 0.472 e. The molecule has 0 aliphatic carbocycles. The number of aliphatic hydroxyl groups excluding tert-OH is 1. The largest absolute Gasteiger partial charge is 0.472 e. The van der Waals surface area contributed by atoms with E-state index in [1.165, 1.54) is 89.9 Å². The summed E-state index contributed by atoms with van der Waals surface area (Å²) < 4.78 is 22.0. The SMILES string of the molecule is CCCCC/C=C\CCCCCCCC(=O)NC(COP(=O)(O)OCCN)C(O)CCCCCCCCCCCCCC. The highest BCUT2D eigenvalue weighted by atomic mass is 31.2. The van der Waals surface area contributed by atoms with Crippen molar-refractivity contribution >= 4 is 13.7 Å². The molecule has 5 N–H and O–H groups in total. The molecule has 0 aliphatic heterocycles. The van der Waals surface area contributed by atoms with Gasteiger partial charge in [0.2, 0.25) is 5.91 Å². The van der Waals surface area contributed by atoms with Gasteiger partial charge in [0, 0.05) is 13.0 Å². The number of aliphatic hydroxyl groups is 1. The molecular formula is C34H69N2O6P. The van der Waals surface area contributed by atoms with Crippen LogP contribution in [0, 0.1) is 0 Å². The highest BCUT2D eigenvalue weighted by molar-refractivity contribution is 7.47. The fraction of sp³-hybridized carbons (Fsp3) is 0.912. The average Bonchev–Trinajstić information content (AvgIpc) is 2.99. The zero-order chi connectivity index (χ0) is 31.9. The van der Waals surface area contributed by atoms with Crippen LogP contribution in [0.3, 0.4) is 0 Å². The fourth-order valence-electron chi connectivity index (χ4n) is 5.13. The molecule has 1 amide bonds. The van der Waals surface area contributed by atoms with Gasteiger partial charge < -0.3 is 21.1 Å². The summed E-state index contributed by atoms with van der Waals surface area (Å²) in [5, 5.41) is 13.7. The Hall–Kier alpha value is -0.760. The van der Waals surface area contributed by atoms with Gasteiger partial charge in [-0.2, -0.15) is 0 Å². The molecule has 0 rings (SSSR count). The smallest absolute Gasteiger partial charge is 0.391 e. The lowest BCUT2D eigenvalue weighted by Crippen LogP contribution is -2.46. The summed E-state index contributed by atoms with van der Waals surface area (Å²) in [6, 6.07) is -0.772. The Balaban J connectivity index is 4.31. The van der Waals surface area contributed by atoms with E-state index in [4.69, 9.17) is 14.8 Å². The Kier molecular flexibility index (Phi) is 30.7. The van der Waals surface area contributed by atoms with E-state index in [2.05, 4.69) is 31.3 Å². The summed E-state index contributed by atoms with van der Waals surface area (Å²) in [6.45, 7) is 4.15. The van der Waals surface area contributed by atoms with Crippen LogP contribution in [-0.2, 0) is 18.4 Å². The second-order valence-corrected chi connectivity index (χ2v) is 13.5. The number of nitrogens with two attached hydrogens (primary N) is 1. The summed E-state index contributed by atoms with van der Waals surface area (Å²) in [5.41, 5.74) is 5.35. The van der Waals surface area contributed by atoms with Gasteiger partial charge in [0.15, 0.2) is 0 Å². The molecule has 0 saturated heterocycles. The number of phosphoric ester groups is 1. The van der Waals surface area contributed by atoms with Gasteiger partial charge in [0.1, 0.15) is 0 Å². The molecule has 0 aromatic rings. The van der Waals surface area contributed by atoms with Crippen LogP contribution in [0.5, 0.6) is 0 Å². The topological polar surface area (TPSA) is 131 Å². The van der Waals surface area contributed by atoms with Gasteiger partial charge in [-0.25, -0.2) is 4.57 Å². The summed E-state index contributed by atoms with van der Waals surface area (Å²) in [5.74, 6) is -0.173. The maximum absolute atomic E-state index is 12.6. The average molecular weight is 633 g/mol. The van der Waals surface area contributed by atoms with Crippen LogP contribution in [0.4, 0.5) is 0 Å². The zero-order valence-corrected chi connectivity index (χ0v) is 28.8. The molecule has 0 aliphatic rings. The standard InChI is InChI=1S/C34H69N2O6P/c1-3-5-7-9-11-13-15-17-19-21-23-25-27-33(37)32(31-42-43(39,40)41-30-29-35)36-34(38)28-26-24-22-20-18-16-14-12-10-8-6-4-2/h12,14,32-33,37H,3-11,13,15-31,35H2,1-2H3,(H,36,38)(H,39,40)/b14-12-. The fourth-order valence-corrected chi connectivity index (χ4v) is 5.89. The molecule has 43 heavy (non-hydrogen) atoms. The Morgan fingerprint density at radius 3 is 1.77 bits per heavy atom. The van der Waals surface area contributed by atoms with E-state index in [0.29, 0.717) is 12.8 Å². The van der Waals surface area contributed by atoms with E-state index in [1.54, 1.807) is 0 Å². The Morgan fingerprint density at radius 2 is 1.21 bits per heavy atom. The van der Waals surface area contributed by atoms with E-state index in [0.717, 1.165) is 51.4 Å². The van der Waals surface area contributed by atoms with Crippen LogP contribution in [0.2, 0.25) is 0 Å². The minimum atomic E-state index is -4.30. The van der Waals surface area contributed by atoms with E-state index in [-0.39, 0.29) is 25.7 Å².